The van der Waals surface area contributed by atoms with Gasteiger partial charge in [0.25, 0.3) is 5.91 Å². The number of nitrogens with one attached hydrogen (secondary N) is 1. The lowest BCUT2D eigenvalue weighted by atomic mass is 10.2. The number of benzene rings is 1. The number of aromatic nitrogens is 2. The van der Waals surface area contributed by atoms with Gasteiger partial charge in [-0.05, 0) is 53.9 Å². The maximum absolute atomic E-state index is 12.7. The molecule has 0 bridgehead atoms. The van der Waals surface area contributed by atoms with E-state index in [1.807, 2.05) is 19.1 Å². The minimum Gasteiger partial charge on any atom is -0.296 e. The van der Waals surface area contributed by atoms with Crippen LogP contribution in [0.4, 0.5) is 5.13 Å². The first-order chi connectivity index (χ1) is 13.0. The molecule has 0 saturated carbocycles. The minimum atomic E-state index is -0.142. The van der Waals surface area contributed by atoms with Gasteiger partial charge < -0.3 is 0 Å². The summed E-state index contributed by atoms with van der Waals surface area (Å²) in [5.41, 5.74) is 2.02. The van der Waals surface area contributed by atoms with Gasteiger partial charge in [-0.1, -0.05) is 25.2 Å². The highest BCUT2D eigenvalue weighted by Crippen LogP contribution is 2.30. The van der Waals surface area contributed by atoms with Crippen LogP contribution in [-0.4, -0.2) is 27.1 Å². The van der Waals surface area contributed by atoms with Crippen molar-refractivity contribution >= 4 is 57.2 Å². The van der Waals surface area contributed by atoms with Crippen LogP contribution in [0.25, 0.3) is 0 Å². The zero-order valence-corrected chi connectivity index (χ0v) is 18.7. The van der Waals surface area contributed by atoms with Gasteiger partial charge in [-0.15, -0.1) is 33.7 Å². The molecule has 4 nitrogen and oxygen atoms in total. The van der Waals surface area contributed by atoms with E-state index in [0.717, 1.165) is 27.0 Å². The maximum atomic E-state index is 12.7. The van der Waals surface area contributed by atoms with Crippen molar-refractivity contribution in [1.82, 2.24) is 10.2 Å². The normalized spacial score (nSPS) is 11.1. The van der Waals surface area contributed by atoms with Gasteiger partial charge in [-0.3, -0.25) is 10.1 Å². The number of anilines is 1. The van der Waals surface area contributed by atoms with Gasteiger partial charge >= 0.3 is 0 Å². The van der Waals surface area contributed by atoms with Crippen LogP contribution in [0.15, 0.2) is 44.8 Å². The summed E-state index contributed by atoms with van der Waals surface area (Å²) in [5.74, 6) is 0.848. The topological polar surface area (TPSA) is 54.9 Å². The number of thiophene rings is 1. The third-order valence-electron chi connectivity index (χ3n) is 3.50. The van der Waals surface area contributed by atoms with Crippen LogP contribution in [0.3, 0.4) is 0 Å². The Balaban J connectivity index is 1.73. The second-order valence-electron chi connectivity index (χ2n) is 6.17. The molecule has 0 spiro atoms. The van der Waals surface area contributed by atoms with Crippen molar-refractivity contribution in [1.29, 1.82) is 0 Å². The summed E-state index contributed by atoms with van der Waals surface area (Å²) in [4.78, 5) is 14.9. The average molecular weight is 436 g/mol. The molecule has 2 aromatic heterocycles. The molecule has 0 unspecified atom stereocenters. The smallest absolute Gasteiger partial charge is 0.257 e. The van der Waals surface area contributed by atoms with E-state index >= 15 is 0 Å². The van der Waals surface area contributed by atoms with E-state index in [0.29, 0.717) is 15.9 Å². The van der Waals surface area contributed by atoms with E-state index in [1.54, 1.807) is 34.9 Å². The summed E-state index contributed by atoms with van der Waals surface area (Å²) in [7, 11) is 0. The summed E-state index contributed by atoms with van der Waals surface area (Å²) in [6.45, 7) is 6.19. The number of amides is 1. The van der Waals surface area contributed by atoms with Crippen LogP contribution in [0.2, 0.25) is 0 Å². The van der Waals surface area contributed by atoms with Gasteiger partial charge in [0.2, 0.25) is 5.13 Å². The summed E-state index contributed by atoms with van der Waals surface area (Å²) < 4.78 is 0. The molecule has 1 amide bonds. The van der Waals surface area contributed by atoms with Crippen LogP contribution >= 0.6 is 46.2 Å². The molecule has 0 fully saturated rings. The van der Waals surface area contributed by atoms with Crippen LogP contribution in [-0.2, 0) is 6.42 Å². The highest BCUT2D eigenvalue weighted by molar-refractivity contribution is 8.00. The molecule has 0 aliphatic carbocycles. The van der Waals surface area contributed by atoms with E-state index in [2.05, 4.69) is 52.3 Å². The number of hydrogen-bond acceptors (Lipinski definition) is 7. The summed E-state index contributed by atoms with van der Waals surface area (Å²) in [6.07, 6.45) is 1.03. The predicted octanol–water partition coefficient (Wildman–Crippen LogP) is 6.00. The Morgan fingerprint density at radius 2 is 2.04 bits per heavy atom. The molecule has 1 aromatic carbocycles. The zero-order valence-electron chi connectivity index (χ0n) is 15.4. The third-order valence-corrected chi connectivity index (χ3v) is 6.94. The summed E-state index contributed by atoms with van der Waals surface area (Å²) in [6, 6.07) is 8.26. The minimum absolute atomic E-state index is 0.142. The maximum Gasteiger partial charge on any atom is 0.257 e. The van der Waals surface area contributed by atoms with Crippen molar-refractivity contribution in [2.45, 2.75) is 42.2 Å². The first-order valence-corrected chi connectivity index (χ1v) is 12.2. The largest absolute Gasteiger partial charge is 0.296 e. The lowest BCUT2D eigenvalue weighted by molar-refractivity contribution is 0.102. The fourth-order valence-electron chi connectivity index (χ4n) is 2.36. The molecular weight excluding hydrogens is 414 g/mol. The van der Waals surface area contributed by atoms with Crippen LogP contribution in [0.5, 0.6) is 0 Å². The molecule has 0 saturated heterocycles. The molecule has 2 heterocycles. The van der Waals surface area contributed by atoms with Crippen molar-refractivity contribution in [3.8, 4) is 0 Å². The monoisotopic (exact) mass is 435 g/mol. The lowest BCUT2D eigenvalue weighted by Gasteiger charge is -2.11. The van der Waals surface area contributed by atoms with Gasteiger partial charge in [0, 0.05) is 26.4 Å². The van der Waals surface area contributed by atoms with Gasteiger partial charge in [-0.2, -0.15) is 11.3 Å². The number of nitrogens with zero attached hydrogens (tertiary/aromatic N) is 2. The van der Waals surface area contributed by atoms with Crippen molar-refractivity contribution in [2.24, 2.45) is 0 Å². The second-order valence-corrected chi connectivity index (χ2v) is 11.0. The highest BCUT2D eigenvalue weighted by Gasteiger charge is 2.13. The van der Waals surface area contributed by atoms with E-state index in [9.17, 15) is 4.79 Å². The number of hydrogen-bond donors (Lipinski definition) is 1. The standard InChI is InChI=1S/C19H21N3OS4/c1-12(2)26-17-9-15(18(23)20-19-22-21-13(3)27-19)8-16(10-17)25-7-5-14-4-6-24-11-14/h4,6,8-12H,5,7H2,1-3H3,(H,20,22,23). The Bertz CT molecular complexity index is 890. The summed E-state index contributed by atoms with van der Waals surface area (Å²) in [5, 5.41) is 16.9. The molecule has 0 aliphatic rings. The van der Waals surface area contributed by atoms with Crippen molar-refractivity contribution in [3.63, 3.8) is 0 Å². The molecule has 0 aliphatic heterocycles. The molecule has 3 rings (SSSR count). The molecule has 1 N–H and O–H groups in total. The Morgan fingerprint density at radius 1 is 1.22 bits per heavy atom. The fraction of sp³-hybridized carbons (Fsp3) is 0.316. The highest BCUT2D eigenvalue weighted by atomic mass is 32.2. The van der Waals surface area contributed by atoms with E-state index in [1.165, 1.54) is 16.9 Å². The predicted molar refractivity (Wildman–Crippen MR) is 119 cm³/mol. The van der Waals surface area contributed by atoms with Gasteiger partial charge in [0.15, 0.2) is 0 Å². The molecule has 3 aromatic rings. The molecular formula is C19H21N3OS4. The number of rotatable bonds is 8. The Hall–Kier alpha value is -1.35. The molecule has 0 atom stereocenters. The van der Waals surface area contributed by atoms with Gasteiger partial charge in [0.05, 0.1) is 0 Å². The van der Waals surface area contributed by atoms with Gasteiger partial charge in [-0.25, -0.2) is 0 Å². The van der Waals surface area contributed by atoms with Crippen molar-refractivity contribution in [2.75, 3.05) is 11.1 Å². The number of thioether (sulfide) groups is 2. The molecule has 142 valence electrons. The summed E-state index contributed by atoms with van der Waals surface area (Å²) >= 11 is 6.66. The SMILES string of the molecule is Cc1nnc(NC(=O)c2cc(SCCc3ccsc3)cc(SC(C)C)c2)s1. The first kappa shape index (κ1) is 20.4. The van der Waals surface area contributed by atoms with E-state index in [4.69, 9.17) is 0 Å². The Morgan fingerprint density at radius 3 is 2.70 bits per heavy atom. The molecule has 0 radical (unpaired) electrons. The zero-order chi connectivity index (χ0) is 19.2. The Labute approximate surface area is 176 Å². The fourth-order valence-corrected chi connectivity index (χ4v) is 5.66. The molecule has 27 heavy (non-hydrogen) atoms. The quantitative estimate of drug-likeness (QED) is 0.440. The average Bonchev–Trinajstić information content (AvgIpc) is 3.26. The second kappa shape index (κ2) is 9.73. The van der Waals surface area contributed by atoms with E-state index in [-0.39, 0.29) is 5.91 Å². The molecule has 8 heteroatoms. The number of carbonyl (C=O) groups is 1. The van der Waals surface area contributed by atoms with Crippen molar-refractivity contribution < 1.29 is 4.79 Å². The first-order valence-electron chi connectivity index (χ1n) is 8.56. The Kier molecular flexibility index (Phi) is 7.34. The van der Waals surface area contributed by atoms with Gasteiger partial charge in [0.1, 0.15) is 5.01 Å². The number of aryl methyl sites for hydroxylation is 2. The van der Waals surface area contributed by atoms with Crippen LogP contribution in [0, 0.1) is 6.92 Å². The van der Waals surface area contributed by atoms with Crippen LogP contribution < -0.4 is 5.32 Å². The third kappa shape index (κ3) is 6.34. The van der Waals surface area contributed by atoms with Crippen LogP contribution in [0.1, 0.15) is 34.8 Å². The number of carbonyl (C=O) groups excluding carboxylic acids is 1. The van der Waals surface area contributed by atoms with Crippen molar-refractivity contribution in [3.05, 3.63) is 51.2 Å². The van der Waals surface area contributed by atoms with E-state index < -0.39 is 0 Å². The lowest BCUT2D eigenvalue weighted by Crippen LogP contribution is -2.12.